The van der Waals surface area contributed by atoms with E-state index in [2.05, 4.69) is 53.1 Å². The van der Waals surface area contributed by atoms with Crippen molar-refractivity contribution in [2.75, 3.05) is 25.0 Å². The third-order valence-corrected chi connectivity index (χ3v) is 5.94. The molecule has 35 heavy (non-hydrogen) atoms. The van der Waals surface area contributed by atoms with Crippen molar-refractivity contribution in [1.82, 2.24) is 4.90 Å². The lowest BCUT2D eigenvalue weighted by molar-refractivity contribution is 0.215. The summed E-state index contributed by atoms with van der Waals surface area (Å²) < 4.78 is 12.7. The predicted molar refractivity (Wildman–Crippen MR) is 149 cm³/mol. The molecule has 5 heteroatoms. The Bertz CT molecular complexity index is 978. The molecule has 0 atom stereocenters. The fraction of sp³-hybridized carbons (Fsp3) is 0.367. The number of nitrogens with one attached hydrogen (secondary N) is 1. The monoisotopic (exact) mass is 476 g/mol. The molecule has 4 rings (SSSR count). The maximum atomic E-state index is 12.7. The highest BCUT2D eigenvalue weighted by Gasteiger charge is 2.15. The van der Waals surface area contributed by atoms with Crippen LogP contribution < -0.4 is 11.1 Å². The van der Waals surface area contributed by atoms with Crippen LogP contribution in [-0.4, -0.2) is 37.3 Å². The molecular weight excluding hydrogens is 435 g/mol. The van der Waals surface area contributed by atoms with Gasteiger partial charge in [-0.2, -0.15) is 0 Å². The molecule has 1 aliphatic heterocycles. The molecule has 0 bridgehead atoms. The van der Waals surface area contributed by atoms with Crippen molar-refractivity contribution in [3.8, 4) is 0 Å². The van der Waals surface area contributed by atoms with Crippen molar-refractivity contribution in [2.45, 2.75) is 52.6 Å². The lowest BCUT2D eigenvalue weighted by Gasteiger charge is -2.29. The van der Waals surface area contributed by atoms with E-state index in [0.717, 1.165) is 36.2 Å². The Morgan fingerprint density at radius 1 is 0.943 bits per heavy atom. The Morgan fingerprint density at radius 2 is 1.54 bits per heavy atom. The lowest BCUT2D eigenvalue weighted by Crippen LogP contribution is -2.40. The number of hydrogen-bond acceptors (Lipinski definition) is 4. The number of anilines is 1. The van der Waals surface area contributed by atoms with E-state index >= 15 is 0 Å². The molecule has 3 aromatic carbocycles. The van der Waals surface area contributed by atoms with E-state index in [-0.39, 0.29) is 5.82 Å². The first-order chi connectivity index (χ1) is 17.0. The summed E-state index contributed by atoms with van der Waals surface area (Å²) in [5.41, 5.74) is 11.4. The smallest absolute Gasteiger partial charge is 0.123 e. The largest absolute Gasteiger partial charge is 0.379 e. The van der Waals surface area contributed by atoms with E-state index in [1.165, 1.54) is 42.9 Å². The van der Waals surface area contributed by atoms with Gasteiger partial charge in [-0.25, -0.2) is 4.39 Å². The summed E-state index contributed by atoms with van der Waals surface area (Å²) in [6.07, 6.45) is 3.48. The van der Waals surface area contributed by atoms with E-state index in [1.54, 1.807) is 12.1 Å². The summed E-state index contributed by atoms with van der Waals surface area (Å²) in [5, 5.41) is 3.24. The summed E-state index contributed by atoms with van der Waals surface area (Å²) in [6.45, 7) is 13.8. The molecule has 0 amide bonds. The highest BCUT2D eigenvalue weighted by Crippen LogP contribution is 2.24. The number of aryl methyl sites for hydroxylation is 1. The van der Waals surface area contributed by atoms with Gasteiger partial charge in [0.25, 0.3) is 0 Å². The Kier molecular flexibility index (Phi) is 12.7. The van der Waals surface area contributed by atoms with E-state index < -0.39 is 0 Å². The minimum absolute atomic E-state index is 0.220. The van der Waals surface area contributed by atoms with Crippen LogP contribution in [0.25, 0.3) is 0 Å². The van der Waals surface area contributed by atoms with Crippen molar-refractivity contribution in [3.63, 3.8) is 0 Å². The molecule has 3 aromatic rings. The number of para-hydroxylation sites is 2. The van der Waals surface area contributed by atoms with Gasteiger partial charge in [0, 0.05) is 19.1 Å². The number of aliphatic imine (C=N–C) groups is 1. The Hall–Kier alpha value is -3.02. The van der Waals surface area contributed by atoms with Gasteiger partial charge < -0.3 is 16.0 Å². The zero-order valence-electron chi connectivity index (χ0n) is 21.5. The van der Waals surface area contributed by atoms with Crippen LogP contribution in [0.5, 0.6) is 0 Å². The number of benzene rings is 3. The van der Waals surface area contributed by atoms with E-state index in [4.69, 9.17) is 5.73 Å². The second-order valence-corrected chi connectivity index (χ2v) is 8.57. The first kappa shape index (κ1) is 28.2. The van der Waals surface area contributed by atoms with Gasteiger partial charge >= 0.3 is 0 Å². The van der Waals surface area contributed by atoms with Crippen LogP contribution >= 0.6 is 0 Å². The highest BCUT2D eigenvalue weighted by molar-refractivity contribution is 5.67. The van der Waals surface area contributed by atoms with Crippen LogP contribution in [-0.2, 0) is 13.0 Å². The molecule has 1 fully saturated rings. The Morgan fingerprint density at radius 3 is 2.17 bits per heavy atom. The number of halogens is 1. The average molecular weight is 477 g/mol. The van der Waals surface area contributed by atoms with Crippen LogP contribution in [0, 0.1) is 12.7 Å². The zero-order valence-corrected chi connectivity index (χ0v) is 21.5. The van der Waals surface area contributed by atoms with Gasteiger partial charge in [-0.15, -0.1) is 0 Å². The van der Waals surface area contributed by atoms with Crippen molar-refractivity contribution in [2.24, 2.45) is 10.7 Å². The third kappa shape index (κ3) is 10.4. The second kappa shape index (κ2) is 15.8. The van der Waals surface area contributed by atoms with Gasteiger partial charge in [0.15, 0.2) is 0 Å². The SMILES string of the molecule is C=Nc1ccccc1NCc1ccc(F)cc1.CC.Cc1ccc(CCN2CCC(N)CC2)cc1. The molecule has 1 aliphatic rings. The van der Waals surface area contributed by atoms with E-state index in [9.17, 15) is 4.39 Å². The van der Waals surface area contributed by atoms with E-state index in [0.29, 0.717) is 12.6 Å². The van der Waals surface area contributed by atoms with Crippen molar-refractivity contribution >= 4 is 18.1 Å². The maximum Gasteiger partial charge on any atom is 0.123 e. The minimum atomic E-state index is -0.220. The van der Waals surface area contributed by atoms with Crippen LogP contribution in [0.2, 0.25) is 0 Å². The summed E-state index contributed by atoms with van der Waals surface area (Å²) >= 11 is 0. The summed E-state index contributed by atoms with van der Waals surface area (Å²) in [6, 6.07) is 23.4. The quantitative estimate of drug-likeness (QED) is 0.371. The lowest BCUT2D eigenvalue weighted by atomic mass is 10.0. The molecule has 0 unspecified atom stereocenters. The van der Waals surface area contributed by atoms with Gasteiger partial charge in [0.1, 0.15) is 5.82 Å². The third-order valence-electron chi connectivity index (χ3n) is 5.94. The molecule has 0 spiro atoms. The summed E-state index contributed by atoms with van der Waals surface area (Å²) in [7, 11) is 0. The molecule has 0 radical (unpaired) electrons. The minimum Gasteiger partial charge on any atom is -0.379 e. The number of piperidine rings is 1. The average Bonchev–Trinajstić information content (AvgIpc) is 2.91. The molecular formula is C30H41FN4. The molecule has 0 aliphatic carbocycles. The van der Waals surface area contributed by atoms with E-state index in [1.807, 2.05) is 38.1 Å². The van der Waals surface area contributed by atoms with Gasteiger partial charge in [-0.05, 0) is 81.4 Å². The number of rotatable bonds is 7. The van der Waals surface area contributed by atoms with Gasteiger partial charge in [0.05, 0.1) is 11.4 Å². The van der Waals surface area contributed by atoms with Gasteiger partial charge in [-0.1, -0.05) is 67.9 Å². The molecule has 188 valence electrons. The second-order valence-electron chi connectivity index (χ2n) is 8.57. The molecule has 0 saturated carbocycles. The zero-order chi connectivity index (χ0) is 25.5. The van der Waals surface area contributed by atoms with Crippen LogP contribution in [0.1, 0.15) is 43.4 Å². The standard InChI is InChI=1S/C14H13FN2.C14H22N2.C2H6/c1-16-13-4-2-3-5-14(13)17-10-11-6-8-12(15)9-7-11;1-12-2-4-13(5-3-12)6-9-16-10-7-14(15)8-11-16;1-2/h2-9,17H,1,10H2;2-5,14H,6-11,15H2,1H3;1-2H3. The van der Waals surface area contributed by atoms with Crippen LogP contribution in [0.15, 0.2) is 77.8 Å². The normalized spacial score (nSPS) is 13.6. The molecule has 4 nitrogen and oxygen atoms in total. The molecule has 0 aromatic heterocycles. The Balaban J connectivity index is 0.000000231. The van der Waals surface area contributed by atoms with Crippen LogP contribution in [0.3, 0.4) is 0 Å². The molecule has 1 heterocycles. The summed E-state index contributed by atoms with van der Waals surface area (Å²) in [4.78, 5) is 6.46. The first-order valence-corrected chi connectivity index (χ1v) is 12.6. The predicted octanol–water partition coefficient (Wildman–Crippen LogP) is 6.76. The topological polar surface area (TPSA) is 53.7 Å². The first-order valence-electron chi connectivity index (χ1n) is 12.6. The van der Waals surface area contributed by atoms with Crippen LogP contribution in [0.4, 0.5) is 15.8 Å². The van der Waals surface area contributed by atoms with Crippen molar-refractivity contribution in [1.29, 1.82) is 0 Å². The number of hydrogen-bond donors (Lipinski definition) is 2. The van der Waals surface area contributed by atoms with Gasteiger partial charge in [0.2, 0.25) is 0 Å². The number of likely N-dealkylation sites (tertiary alicyclic amines) is 1. The number of nitrogens with zero attached hydrogens (tertiary/aromatic N) is 2. The molecule has 3 N–H and O–H groups in total. The maximum absolute atomic E-state index is 12.7. The van der Waals surface area contributed by atoms with Crippen molar-refractivity contribution in [3.05, 3.63) is 95.3 Å². The highest BCUT2D eigenvalue weighted by atomic mass is 19.1. The van der Waals surface area contributed by atoms with Crippen molar-refractivity contribution < 1.29 is 4.39 Å². The summed E-state index contributed by atoms with van der Waals surface area (Å²) in [5.74, 6) is -0.220. The number of nitrogens with two attached hydrogens (primary N) is 1. The Labute approximate surface area is 211 Å². The fourth-order valence-corrected chi connectivity index (χ4v) is 3.78. The molecule has 1 saturated heterocycles. The fourth-order valence-electron chi connectivity index (χ4n) is 3.78. The van der Waals surface area contributed by atoms with Gasteiger partial charge in [-0.3, -0.25) is 4.99 Å².